The normalized spacial score (nSPS) is 16.6. The van der Waals surface area contributed by atoms with Gasteiger partial charge in [-0.1, -0.05) is 23.3 Å². The van der Waals surface area contributed by atoms with Crippen LogP contribution in [0.15, 0.2) is 35.2 Å². The Morgan fingerprint density at radius 2 is 1.95 bits per heavy atom. The maximum absolute atomic E-state index is 12.6. The van der Waals surface area contributed by atoms with Crippen molar-refractivity contribution in [3.8, 4) is 0 Å². The molecule has 0 atom stereocenters. The van der Waals surface area contributed by atoms with Crippen molar-refractivity contribution in [1.29, 1.82) is 0 Å². The number of carbonyl (C=O) groups excluding carboxylic acids is 1. The first kappa shape index (κ1) is 12.7. The third-order valence-corrected chi connectivity index (χ3v) is 5.77. The molecule has 0 saturated heterocycles. The van der Waals surface area contributed by atoms with E-state index in [1.807, 2.05) is 0 Å². The second kappa shape index (κ2) is 4.37. The molecule has 1 aromatic carbocycles. The number of anilines is 1. The fourth-order valence-electron chi connectivity index (χ4n) is 1.99. The molecule has 1 aromatic heterocycles. The average Bonchev–Trinajstić information content (AvgIpc) is 3.14. The minimum absolute atomic E-state index is 0.0375. The monoisotopic (exact) mass is 293 g/mol. The molecule has 1 saturated carbocycles. The van der Waals surface area contributed by atoms with E-state index in [0.717, 1.165) is 0 Å². The van der Waals surface area contributed by atoms with Gasteiger partial charge in [-0.3, -0.25) is 10.1 Å². The summed E-state index contributed by atoms with van der Waals surface area (Å²) in [5, 5.41) is 15.0. The molecule has 8 nitrogen and oxygen atoms in total. The molecule has 0 bridgehead atoms. The first-order valence-electron chi connectivity index (χ1n) is 5.91. The fourth-order valence-corrected chi connectivity index (χ4v) is 3.89. The van der Waals surface area contributed by atoms with Gasteiger partial charge in [-0.05, 0) is 30.2 Å². The second-order valence-corrected chi connectivity index (χ2v) is 6.76. The van der Waals surface area contributed by atoms with E-state index in [0.29, 0.717) is 0 Å². The number of aromatic nitrogens is 4. The van der Waals surface area contributed by atoms with Gasteiger partial charge in [0.25, 0.3) is 5.95 Å². The van der Waals surface area contributed by atoms with E-state index in [1.54, 1.807) is 18.2 Å². The average molecular weight is 293 g/mol. The zero-order valence-corrected chi connectivity index (χ0v) is 11.1. The van der Waals surface area contributed by atoms with Crippen molar-refractivity contribution < 1.29 is 13.2 Å². The van der Waals surface area contributed by atoms with Crippen molar-refractivity contribution in [1.82, 2.24) is 20.6 Å². The van der Waals surface area contributed by atoms with E-state index in [9.17, 15) is 13.2 Å². The second-order valence-electron chi connectivity index (χ2n) is 4.50. The third kappa shape index (κ3) is 1.86. The van der Waals surface area contributed by atoms with Crippen molar-refractivity contribution in [2.45, 2.75) is 22.5 Å². The summed E-state index contributed by atoms with van der Waals surface area (Å²) in [6.45, 7) is 0. The highest BCUT2D eigenvalue weighted by molar-refractivity contribution is 7.94. The summed E-state index contributed by atoms with van der Waals surface area (Å²) >= 11 is 0. The molecule has 2 N–H and O–H groups in total. The summed E-state index contributed by atoms with van der Waals surface area (Å²) in [5.74, 6) is -0.660. The summed E-state index contributed by atoms with van der Waals surface area (Å²) in [6.07, 6.45) is 0.571. The number of nitrogens with one attached hydrogen (secondary N) is 2. The number of rotatable bonds is 4. The van der Waals surface area contributed by atoms with Crippen molar-refractivity contribution >= 4 is 21.7 Å². The molecule has 3 rings (SSSR count). The lowest BCUT2D eigenvalue weighted by atomic mass is 10.4. The first-order valence-corrected chi connectivity index (χ1v) is 7.39. The van der Waals surface area contributed by atoms with E-state index >= 15 is 0 Å². The Bertz CT molecular complexity index is 723. The van der Waals surface area contributed by atoms with Crippen molar-refractivity contribution in [3.05, 3.63) is 30.3 Å². The number of hydrogen-bond donors (Lipinski definition) is 2. The molecule has 9 heteroatoms. The largest absolute Gasteiger partial charge is 0.290 e. The number of aromatic amines is 1. The van der Waals surface area contributed by atoms with Gasteiger partial charge in [0.05, 0.1) is 4.90 Å². The van der Waals surface area contributed by atoms with Crippen LogP contribution in [0.3, 0.4) is 0 Å². The highest BCUT2D eigenvalue weighted by Gasteiger charge is 2.61. The van der Waals surface area contributed by atoms with Crippen LogP contribution in [0, 0.1) is 0 Å². The minimum atomic E-state index is -3.73. The Labute approximate surface area is 114 Å². The van der Waals surface area contributed by atoms with Crippen LogP contribution in [-0.2, 0) is 14.6 Å². The molecular formula is C11H11N5O3S. The van der Waals surface area contributed by atoms with E-state index in [2.05, 4.69) is 25.9 Å². The maximum Gasteiger partial charge on any atom is 0.269 e. The van der Waals surface area contributed by atoms with E-state index in [-0.39, 0.29) is 23.7 Å². The van der Waals surface area contributed by atoms with Gasteiger partial charge in [-0.2, -0.15) is 5.21 Å². The van der Waals surface area contributed by atoms with Crippen molar-refractivity contribution in [2.75, 3.05) is 5.32 Å². The summed E-state index contributed by atoms with van der Waals surface area (Å²) < 4.78 is 23.7. The van der Waals surface area contributed by atoms with Crippen LogP contribution >= 0.6 is 0 Å². The topological polar surface area (TPSA) is 118 Å². The summed E-state index contributed by atoms with van der Waals surface area (Å²) in [6, 6.07) is 7.94. The zero-order chi connectivity index (χ0) is 14.2. The fraction of sp³-hybridized carbons (Fsp3) is 0.273. The van der Waals surface area contributed by atoms with Crippen LogP contribution in [0.5, 0.6) is 0 Å². The van der Waals surface area contributed by atoms with Crippen LogP contribution in [0.25, 0.3) is 0 Å². The summed E-state index contributed by atoms with van der Waals surface area (Å²) in [5.41, 5.74) is 0. The van der Waals surface area contributed by atoms with Crippen LogP contribution in [-0.4, -0.2) is 39.7 Å². The molecule has 2 aromatic rings. The van der Waals surface area contributed by atoms with Crippen LogP contribution in [0.4, 0.5) is 5.95 Å². The zero-order valence-electron chi connectivity index (χ0n) is 10.3. The Balaban J connectivity index is 1.91. The Kier molecular flexibility index (Phi) is 2.78. The predicted octanol–water partition coefficient (Wildman–Crippen LogP) is 0.145. The number of sulfone groups is 1. The smallest absolute Gasteiger partial charge is 0.269 e. The highest BCUT2D eigenvalue weighted by Crippen LogP contribution is 2.47. The molecule has 0 aliphatic heterocycles. The number of tetrazole rings is 1. The number of carbonyl (C=O) groups is 1. The lowest BCUT2D eigenvalue weighted by molar-refractivity contribution is -0.116. The van der Waals surface area contributed by atoms with Gasteiger partial charge in [0.1, 0.15) is 0 Å². The van der Waals surface area contributed by atoms with E-state index in [1.165, 1.54) is 12.1 Å². The third-order valence-electron chi connectivity index (χ3n) is 3.26. The molecule has 0 radical (unpaired) electrons. The molecule has 0 unspecified atom stereocenters. The van der Waals surface area contributed by atoms with Gasteiger partial charge >= 0.3 is 0 Å². The quantitative estimate of drug-likeness (QED) is 0.828. The first-order chi connectivity index (χ1) is 9.56. The van der Waals surface area contributed by atoms with Crippen molar-refractivity contribution in [2.24, 2.45) is 0 Å². The lowest BCUT2D eigenvalue weighted by Gasteiger charge is -2.14. The Hall–Kier alpha value is -2.29. The van der Waals surface area contributed by atoms with Gasteiger partial charge < -0.3 is 0 Å². The molecular weight excluding hydrogens is 282 g/mol. The van der Waals surface area contributed by atoms with E-state index in [4.69, 9.17) is 0 Å². The number of hydrogen-bond acceptors (Lipinski definition) is 6. The molecule has 1 fully saturated rings. The Morgan fingerprint density at radius 3 is 2.50 bits per heavy atom. The molecule has 1 aliphatic rings. The molecule has 1 heterocycles. The van der Waals surface area contributed by atoms with Crippen molar-refractivity contribution in [3.63, 3.8) is 0 Å². The maximum atomic E-state index is 12.6. The van der Waals surface area contributed by atoms with Gasteiger partial charge in [0.2, 0.25) is 5.91 Å². The molecule has 1 aliphatic carbocycles. The van der Waals surface area contributed by atoms with Crippen LogP contribution < -0.4 is 5.32 Å². The van der Waals surface area contributed by atoms with Crippen LogP contribution in [0.2, 0.25) is 0 Å². The van der Waals surface area contributed by atoms with Crippen LogP contribution in [0.1, 0.15) is 12.8 Å². The van der Waals surface area contributed by atoms with Gasteiger partial charge in [-0.15, -0.1) is 5.10 Å². The SMILES string of the molecule is O=C(Nc1nn[nH]n1)C1(S(=O)(=O)c2ccccc2)CC1. The van der Waals surface area contributed by atoms with Gasteiger partial charge in [0, 0.05) is 0 Å². The van der Waals surface area contributed by atoms with Gasteiger partial charge in [-0.25, -0.2) is 8.42 Å². The number of H-pyrrole nitrogens is 1. The standard InChI is InChI=1S/C11H11N5O3S/c17-9(12-10-13-15-16-14-10)11(6-7-11)20(18,19)8-4-2-1-3-5-8/h1-5H,6-7H2,(H2,12,13,14,15,16,17). The Morgan fingerprint density at radius 1 is 1.25 bits per heavy atom. The lowest BCUT2D eigenvalue weighted by Crippen LogP contribution is -2.37. The minimum Gasteiger partial charge on any atom is -0.290 e. The number of amides is 1. The highest BCUT2D eigenvalue weighted by atomic mass is 32.2. The summed E-state index contributed by atoms with van der Waals surface area (Å²) in [4.78, 5) is 12.3. The molecule has 1 amide bonds. The van der Waals surface area contributed by atoms with Gasteiger partial charge in [0.15, 0.2) is 14.6 Å². The molecule has 104 valence electrons. The molecule has 20 heavy (non-hydrogen) atoms. The van der Waals surface area contributed by atoms with E-state index < -0.39 is 20.5 Å². The number of benzene rings is 1. The molecule has 0 spiro atoms. The number of nitrogens with zero attached hydrogens (tertiary/aromatic N) is 3. The summed E-state index contributed by atoms with van der Waals surface area (Å²) in [7, 11) is -3.73. The predicted molar refractivity (Wildman–Crippen MR) is 68.4 cm³/mol.